The van der Waals surface area contributed by atoms with Gasteiger partial charge in [-0.2, -0.15) is 4.31 Å². The van der Waals surface area contributed by atoms with E-state index in [1.807, 2.05) is 0 Å². The van der Waals surface area contributed by atoms with Crippen LogP contribution in [0.4, 0.5) is 4.39 Å². The third-order valence-corrected chi connectivity index (χ3v) is 6.92. The Hall–Kier alpha value is -1.48. The van der Waals surface area contributed by atoms with Gasteiger partial charge in [-0.05, 0) is 24.3 Å². The zero-order valence-corrected chi connectivity index (χ0v) is 14.9. The van der Waals surface area contributed by atoms with Crippen LogP contribution in [0.15, 0.2) is 41.3 Å². The highest BCUT2D eigenvalue weighted by Crippen LogP contribution is 2.24. The van der Waals surface area contributed by atoms with Crippen LogP contribution in [-0.4, -0.2) is 49.7 Å². The van der Waals surface area contributed by atoms with E-state index in [0.717, 1.165) is 6.07 Å². The predicted octanol–water partition coefficient (Wildman–Crippen LogP) is 2.69. The Bertz CT molecular complexity index is 861. The summed E-state index contributed by atoms with van der Waals surface area (Å²) in [5.74, 6) is -0.945. The molecule has 9 heteroatoms. The molecule has 0 atom stereocenters. The number of sulfonamides is 1. The van der Waals surface area contributed by atoms with Gasteiger partial charge in [-0.25, -0.2) is 12.8 Å². The van der Waals surface area contributed by atoms with Crippen molar-refractivity contribution in [1.82, 2.24) is 9.21 Å². The van der Waals surface area contributed by atoms with Crippen LogP contribution in [0.5, 0.6) is 0 Å². The second kappa shape index (κ2) is 6.79. The minimum Gasteiger partial charge on any atom is -0.335 e. The fourth-order valence-electron chi connectivity index (χ4n) is 2.51. The normalized spacial score (nSPS) is 16.3. The summed E-state index contributed by atoms with van der Waals surface area (Å²) in [5, 5.41) is 0. The number of hydrogen-bond donors (Lipinski definition) is 0. The molecule has 1 fully saturated rings. The van der Waals surface area contributed by atoms with Crippen LogP contribution in [0, 0.1) is 5.82 Å². The largest absolute Gasteiger partial charge is 0.335 e. The zero-order chi connectivity index (χ0) is 17.3. The van der Waals surface area contributed by atoms with Crippen LogP contribution in [0.3, 0.4) is 0 Å². The van der Waals surface area contributed by atoms with Gasteiger partial charge in [0.05, 0.1) is 9.21 Å². The molecule has 0 spiro atoms. The summed E-state index contributed by atoms with van der Waals surface area (Å²) in [7, 11) is -3.90. The van der Waals surface area contributed by atoms with E-state index < -0.39 is 15.8 Å². The van der Waals surface area contributed by atoms with E-state index in [1.165, 1.54) is 33.8 Å². The van der Waals surface area contributed by atoms with Gasteiger partial charge < -0.3 is 4.90 Å². The number of rotatable bonds is 3. The molecule has 0 aliphatic carbocycles. The van der Waals surface area contributed by atoms with Crippen molar-refractivity contribution in [2.24, 2.45) is 0 Å². The average Bonchev–Trinajstić information content (AvgIpc) is 3.01. The molecule has 1 aliphatic heterocycles. The molecule has 3 rings (SSSR count). The zero-order valence-electron chi connectivity index (χ0n) is 12.5. The number of amides is 1. The fraction of sp³-hybridized carbons (Fsp3) is 0.267. The molecule has 128 valence electrons. The Morgan fingerprint density at radius 1 is 1.08 bits per heavy atom. The SMILES string of the molecule is O=C(c1ccc(Cl)s1)N1CCN(S(=O)(=O)c2ccccc2F)CC1. The lowest BCUT2D eigenvalue weighted by Gasteiger charge is -2.33. The van der Waals surface area contributed by atoms with Crippen LogP contribution in [0.1, 0.15) is 9.67 Å². The lowest BCUT2D eigenvalue weighted by molar-refractivity contribution is 0.0702. The summed E-state index contributed by atoms with van der Waals surface area (Å²) in [5.41, 5.74) is 0. The number of halogens is 2. The van der Waals surface area contributed by atoms with Gasteiger partial charge in [0.2, 0.25) is 10.0 Å². The first kappa shape index (κ1) is 17.3. The molecule has 0 bridgehead atoms. The maximum absolute atomic E-state index is 13.8. The second-order valence-electron chi connectivity index (χ2n) is 5.23. The van der Waals surface area contributed by atoms with Crippen molar-refractivity contribution in [3.05, 3.63) is 51.4 Å². The smallest absolute Gasteiger partial charge is 0.264 e. The minimum atomic E-state index is -3.90. The fourth-order valence-corrected chi connectivity index (χ4v) is 5.01. The quantitative estimate of drug-likeness (QED) is 0.812. The lowest BCUT2D eigenvalue weighted by atomic mass is 10.3. The second-order valence-corrected chi connectivity index (χ2v) is 8.85. The summed E-state index contributed by atoms with van der Waals surface area (Å²) in [4.78, 5) is 14.1. The summed E-state index contributed by atoms with van der Waals surface area (Å²) in [6, 6.07) is 8.59. The van der Waals surface area contributed by atoms with Crippen LogP contribution in [0.25, 0.3) is 0 Å². The molecule has 0 unspecified atom stereocenters. The molecule has 0 saturated carbocycles. The molecular weight excluding hydrogens is 375 g/mol. The number of carbonyl (C=O) groups is 1. The first-order valence-corrected chi connectivity index (χ1v) is 9.82. The highest BCUT2D eigenvalue weighted by atomic mass is 35.5. The third kappa shape index (κ3) is 3.32. The van der Waals surface area contributed by atoms with E-state index in [-0.39, 0.29) is 37.0 Å². The van der Waals surface area contributed by atoms with Crippen molar-refractivity contribution in [2.75, 3.05) is 26.2 Å². The Morgan fingerprint density at radius 2 is 1.75 bits per heavy atom. The summed E-state index contributed by atoms with van der Waals surface area (Å²) in [6.45, 7) is 0.757. The van der Waals surface area contributed by atoms with Gasteiger partial charge in [-0.15, -0.1) is 11.3 Å². The van der Waals surface area contributed by atoms with E-state index in [2.05, 4.69) is 0 Å². The van der Waals surface area contributed by atoms with E-state index >= 15 is 0 Å². The Morgan fingerprint density at radius 3 is 2.33 bits per heavy atom. The van der Waals surface area contributed by atoms with Crippen molar-refractivity contribution < 1.29 is 17.6 Å². The molecule has 1 amide bonds. The third-order valence-electron chi connectivity index (χ3n) is 3.76. The number of nitrogens with zero attached hydrogens (tertiary/aromatic N) is 2. The minimum absolute atomic E-state index is 0.127. The van der Waals surface area contributed by atoms with Crippen molar-refractivity contribution in [3.63, 3.8) is 0 Å². The molecule has 1 aromatic carbocycles. The number of hydrogen-bond acceptors (Lipinski definition) is 4. The topological polar surface area (TPSA) is 57.7 Å². The van der Waals surface area contributed by atoms with Gasteiger partial charge in [0.15, 0.2) is 0 Å². The lowest BCUT2D eigenvalue weighted by Crippen LogP contribution is -2.50. The molecule has 2 aromatic rings. The maximum Gasteiger partial charge on any atom is 0.264 e. The number of carbonyl (C=O) groups excluding carboxylic acids is 1. The van der Waals surface area contributed by atoms with Gasteiger partial charge in [-0.1, -0.05) is 23.7 Å². The van der Waals surface area contributed by atoms with E-state index in [1.54, 1.807) is 17.0 Å². The van der Waals surface area contributed by atoms with Crippen LogP contribution in [-0.2, 0) is 10.0 Å². The van der Waals surface area contributed by atoms with E-state index in [9.17, 15) is 17.6 Å². The Kier molecular flexibility index (Phi) is 4.91. The van der Waals surface area contributed by atoms with Crippen molar-refractivity contribution >= 4 is 38.9 Å². The molecule has 0 N–H and O–H groups in total. The average molecular weight is 389 g/mol. The predicted molar refractivity (Wildman–Crippen MR) is 90.4 cm³/mol. The molecule has 1 aliphatic rings. The van der Waals surface area contributed by atoms with Crippen molar-refractivity contribution in [3.8, 4) is 0 Å². The van der Waals surface area contributed by atoms with Gasteiger partial charge in [0, 0.05) is 26.2 Å². The number of thiophene rings is 1. The molecule has 0 radical (unpaired) electrons. The van der Waals surface area contributed by atoms with Crippen LogP contribution < -0.4 is 0 Å². The van der Waals surface area contributed by atoms with E-state index in [0.29, 0.717) is 9.21 Å². The Balaban J connectivity index is 1.71. The number of benzene rings is 1. The van der Waals surface area contributed by atoms with Gasteiger partial charge in [0.1, 0.15) is 10.7 Å². The van der Waals surface area contributed by atoms with Gasteiger partial charge in [0.25, 0.3) is 5.91 Å². The highest BCUT2D eigenvalue weighted by molar-refractivity contribution is 7.89. The molecule has 2 heterocycles. The maximum atomic E-state index is 13.8. The molecule has 5 nitrogen and oxygen atoms in total. The Labute approximate surface area is 148 Å². The van der Waals surface area contributed by atoms with Gasteiger partial charge >= 0.3 is 0 Å². The van der Waals surface area contributed by atoms with Gasteiger partial charge in [-0.3, -0.25) is 4.79 Å². The molecule has 24 heavy (non-hydrogen) atoms. The molecule has 1 saturated heterocycles. The number of piperazine rings is 1. The summed E-state index contributed by atoms with van der Waals surface area (Å²) < 4.78 is 40.6. The van der Waals surface area contributed by atoms with Crippen molar-refractivity contribution in [1.29, 1.82) is 0 Å². The summed E-state index contributed by atoms with van der Waals surface area (Å²) >= 11 is 7.02. The van der Waals surface area contributed by atoms with E-state index in [4.69, 9.17) is 11.6 Å². The highest BCUT2D eigenvalue weighted by Gasteiger charge is 2.32. The molecular formula is C15H14ClFN2O3S2. The first-order chi connectivity index (χ1) is 11.4. The monoisotopic (exact) mass is 388 g/mol. The molecule has 1 aromatic heterocycles. The standard InChI is InChI=1S/C15H14ClFN2O3S2/c16-14-6-5-12(23-14)15(20)18-7-9-19(10-8-18)24(21,22)13-4-2-1-3-11(13)17/h1-6H,7-10H2. The first-order valence-electron chi connectivity index (χ1n) is 7.19. The summed E-state index contributed by atoms with van der Waals surface area (Å²) in [6.07, 6.45) is 0. The van der Waals surface area contributed by atoms with Crippen molar-refractivity contribution in [2.45, 2.75) is 4.90 Å². The van der Waals surface area contributed by atoms with Crippen LogP contribution in [0.2, 0.25) is 4.34 Å². The van der Waals surface area contributed by atoms with Crippen LogP contribution >= 0.6 is 22.9 Å².